The molecule has 0 fully saturated rings. The molecule has 0 aliphatic carbocycles. The van der Waals surface area contributed by atoms with Crippen molar-refractivity contribution in [3.05, 3.63) is 58.9 Å². The van der Waals surface area contributed by atoms with Crippen LogP contribution in [0.5, 0.6) is 0 Å². The third-order valence-corrected chi connectivity index (χ3v) is 4.27. The lowest BCUT2D eigenvalue weighted by Gasteiger charge is -2.23. The minimum Gasteiger partial charge on any atom is -0.325 e. The van der Waals surface area contributed by atoms with E-state index in [1.54, 1.807) is 18.9 Å². The topological polar surface area (TPSA) is 61.4 Å². The van der Waals surface area contributed by atoms with Crippen molar-refractivity contribution >= 4 is 34.8 Å². The Morgan fingerprint density at radius 2 is 1.81 bits per heavy atom. The van der Waals surface area contributed by atoms with Crippen LogP contribution in [0.2, 0.25) is 5.02 Å². The Morgan fingerprint density at radius 3 is 2.42 bits per heavy atom. The van der Waals surface area contributed by atoms with Gasteiger partial charge in [0.25, 0.3) is 0 Å². The van der Waals surface area contributed by atoms with Gasteiger partial charge in [0.05, 0.1) is 23.3 Å². The first kappa shape index (κ1) is 19.9. The lowest BCUT2D eigenvalue weighted by Crippen LogP contribution is -2.43. The lowest BCUT2D eigenvalue weighted by atomic mass is 10.2. The van der Waals surface area contributed by atoms with E-state index in [2.05, 4.69) is 10.6 Å². The van der Waals surface area contributed by atoms with Crippen molar-refractivity contribution in [1.29, 1.82) is 0 Å². The number of hydrogen-bond acceptors (Lipinski definition) is 3. The normalized spacial score (nSPS) is 11.9. The van der Waals surface area contributed by atoms with Crippen molar-refractivity contribution in [3.63, 3.8) is 0 Å². The van der Waals surface area contributed by atoms with E-state index in [1.807, 2.05) is 31.2 Å². The van der Waals surface area contributed by atoms with Crippen LogP contribution in [0.1, 0.15) is 12.5 Å². The van der Waals surface area contributed by atoms with Gasteiger partial charge in [0, 0.05) is 5.69 Å². The molecule has 0 aliphatic rings. The van der Waals surface area contributed by atoms with Gasteiger partial charge in [-0.1, -0.05) is 29.3 Å². The summed E-state index contributed by atoms with van der Waals surface area (Å²) in [5.74, 6) is -1.05. The molecule has 2 rings (SSSR count). The zero-order chi connectivity index (χ0) is 19.3. The van der Waals surface area contributed by atoms with Crippen LogP contribution in [0.3, 0.4) is 0 Å². The summed E-state index contributed by atoms with van der Waals surface area (Å²) in [4.78, 5) is 26.1. The minimum atomic E-state index is -0.583. The molecular formula is C19H21ClFN3O2. The van der Waals surface area contributed by atoms with Crippen LogP contribution in [0, 0.1) is 12.7 Å². The molecule has 5 nitrogen and oxygen atoms in total. The van der Waals surface area contributed by atoms with Gasteiger partial charge in [0.1, 0.15) is 5.82 Å². The molecule has 0 heterocycles. The van der Waals surface area contributed by atoms with E-state index in [0.717, 1.165) is 11.6 Å². The van der Waals surface area contributed by atoms with Crippen LogP contribution in [0.4, 0.5) is 15.8 Å². The van der Waals surface area contributed by atoms with Gasteiger partial charge in [0.2, 0.25) is 11.8 Å². The van der Waals surface area contributed by atoms with E-state index in [9.17, 15) is 14.0 Å². The summed E-state index contributed by atoms with van der Waals surface area (Å²) < 4.78 is 13.1. The first-order valence-electron chi connectivity index (χ1n) is 8.09. The average molecular weight is 378 g/mol. The zero-order valence-electron chi connectivity index (χ0n) is 14.8. The number of hydrogen-bond donors (Lipinski definition) is 2. The summed E-state index contributed by atoms with van der Waals surface area (Å²) in [7, 11) is 1.67. The summed E-state index contributed by atoms with van der Waals surface area (Å²) in [6.07, 6.45) is 0. The minimum absolute atomic E-state index is 0.0413. The number of nitrogens with zero attached hydrogens (tertiary/aromatic N) is 1. The summed E-state index contributed by atoms with van der Waals surface area (Å²) >= 11 is 5.91. The number of benzene rings is 2. The quantitative estimate of drug-likeness (QED) is 0.807. The van der Waals surface area contributed by atoms with Gasteiger partial charge in [-0.2, -0.15) is 0 Å². The largest absolute Gasteiger partial charge is 0.325 e. The number of rotatable bonds is 6. The fraction of sp³-hybridized carbons (Fsp3) is 0.263. The number of anilines is 2. The first-order valence-corrected chi connectivity index (χ1v) is 8.46. The van der Waals surface area contributed by atoms with E-state index in [0.29, 0.717) is 11.4 Å². The van der Waals surface area contributed by atoms with E-state index in [4.69, 9.17) is 11.6 Å². The molecule has 1 atom stereocenters. The standard InChI is InChI=1S/C19H21ClFN3O2/c1-12-4-7-15(8-5-12)22-18(25)11-24(3)13(2)19(26)23-17-9-6-14(21)10-16(17)20/h4-10,13H,11H2,1-3H3,(H,22,25)(H,23,26). The highest BCUT2D eigenvalue weighted by molar-refractivity contribution is 6.33. The van der Waals surface area contributed by atoms with Crippen molar-refractivity contribution in [2.75, 3.05) is 24.2 Å². The van der Waals surface area contributed by atoms with Gasteiger partial charge in [-0.05, 0) is 51.2 Å². The summed E-state index contributed by atoms with van der Waals surface area (Å²) in [5.41, 5.74) is 2.12. The Balaban J connectivity index is 1.90. The Kier molecular flexibility index (Phi) is 6.71. The van der Waals surface area contributed by atoms with Gasteiger partial charge >= 0.3 is 0 Å². The molecule has 2 N–H and O–H groups in total. The second kappa shape index (κ2) is 8.78. The summed E-state index contributed by atoms with van der Waals surface area (Å²) in [6, 6.07) is 10.6. The predicted octanol–water partition coefficient (Wildman–Crippen LogP) is 3.69. The van der Waals surface area contributed by atoms with Gasteiger partial charge < -0.3 is 10.6 Å². The number of nitrogens with one attached hydrogen (secondary N) is 2. The third kappa shape index (κ3) is 5.54. The first-order chi connectivity index (χ1) is 12.3. The number of halogens is 2. The molecule has 0 bridgehead atoms. The molecule has 0 aromatic heterocycles. The molecule has 2 aromatic rings. The zero-order valence-corrected chi connectivity index (χ0v) is 15.6. The van der Waals surface area contributed by atoms with Crippen molar-refractivity contribution in [3.8, 4) is 0 Å². The summed E-state index contributed by atoms with van der Waals surface area (Å²) in [6.45, 7) is 3.68. The van der Waals surface area contributed by atoms with Crippen LogP contribution in [-0.2, 0) is 9.59 Å². The monoisotopic (exact) mass is 377 g/mol. The van der Waals surface area contributed by atoms with Gasteiger partial charge in [-0.25, -0.2) is 4.39 Å². The maximum Gasteiger partial charge on any atom is 0.241 e. The molecule has 7 heteroatoms. The smallest absolute Gasteiger partial charge is 0.241 e. The second-order valence-corrected chi connectivity index (χ2v) is 6.53. The fourth-order valence-electron chi connectivity index (χ4n) is 2.23. The summed E-state index contributed by atoms with van der Waals surface area (Å²) in [5, 5.41) is 5.54. The van der Waals surface area contributed by atoms with Crippen molar-refractivity contribution in [2.24, 2.45) is 0 Å². The molecule has 2 amide bonds. The average Bonchev–Trinajstić information content (AvgIpc) is 2.58. The van der Waals surface area contributed by atoms with Crippen LogP contribution < -0.4 is 10.6 Å². The molecule has 0 radical (unpaired) electrons. The number of carbonyl (C=O) groups excluding carboxylic acids is 2. The number of aryl methyl sites for hydroxylation is 1. The highest BCUT2D eigenvalue weighted by atomic mass is 35.5. The molecule has 0 spiro atoms. The molecular weight excluding hydrogens is 357 g/mol. The second-order valence-electron chi connectivity index (χ2n) is 6.12. The SMILES string of the molecule is Cc1ccc(NC(=O)CN(C)C(C)C(=O)Nc2ccc(F)cc2Cl)cc1. The van der Waals surface area contributed by atoms with Crippen LogP contribution in [0.25, 0.3) is 0 Å². The van der Waals surface area contributed by atoms with Gasteiger partial charge in [-0.3, -0.25) is 14.5 Å². The van der Waals surface area contributed by atoms with E-state index in [1.165, 1.54) is 12.1 Å². The molecule has 0 aliphatic heterocycles. The molecule has 2 aromatic carbocycles. The van der Waals surface area contributed by atoms with Gasteiger partial charge in [0.15, 0.2) is 0 Å². The Hall–Kier alpha value is -2.44. The number of amides is 2. The van der Waals surface area contributed by atoms with E-state index in [-0.39, 0.29) is 23.4 Å². The highest BCUT2D eigenvalue weighted by Crippen LogP contribution is 2.22. The fourth-order valence-corrected chi connectivity index (χ4v) is 2.44. The molecule has 0 saturated carbocycles. The Morgan fingerprint density at radius 1 is 1.15 bits per heavy atom. The highest BCUT2D eigenvalue weighted by Gasteiger charge is 2.21. The third-order valence-electron chi connectivity index (χ3n) is 3.96. The predicted molar refractivity (Wildman–Crippen MR) is 102 cm³/mol. The lowest BCUT2D eigenvalue weighted by molar-refractivity contribution is -0.122. The van der Waals surface area contributed by atoms with Crippen LogP contribution in [-0.4, -0.2) is 36.3 Å². The van der Waals surface area contributed by atoms with Crippen LogP contribution in [0.15, 0.2) is 42.5 Å². The van der Waals surface area contributed by atoms with Crippen LogP contribution >= 0.6 is 11.6 Å². The van der Waals surface area contributed by atoms with E-state index < -0.39 is 11.9 Å². The number of likely N-dealkylation sites (N-methyl/N-ethyl adjacent to an activating group) is 1. The molecule has 26 heavy (non-hydrogen) atoms. The Labute approximate surface area is 157 Å². The molecule has 0 saturated heterocycles. The molecule has 1 unspecified atom stereocenters. The maximum atomic E-state index is 13.1. The van der Waals surface area contributed by atoms with Crippen molar-refractivity contribution in [1.82, 2.24) is 4.90 Å². The van der Waals surface area contributed by atoms with Crippen molar-refractivity contribution in [2.45, 2.75) is 19.9 Å². The Bertz CT molecular complexity index is 796. The number of carbonyl (C=O) groups is 2. The van der Waals surface area contributed by atoms with E-state index >= 15 is 0 Å². The maximum absolute atomic E-state index is 13.1. The van der Waals surface area contributed by atoms with Crippen molar-refractivity contribution < 1.29 is 14.0 Å². The van der Waals surface area contributed by atoms with Gasteiger partial charge in [-0.15, -0.1) is 0 Å². The molecule has 138 valence electrons.